The number of fused-ring (bicyclic) bond motifs is 1. The fraction of sp³-hybridized carbons (Fsp3) is 0.222. The summed E-state index contributed by atoms with van der Waals surface area (Å²) in [5.41, 5.74) is 0.620. The van der Waals surface area contributed by atoms with Gasteiger partial charge in [-0.05, 0) is 24.1 Å². The third-order valence-electron chi connectivity index (χ3n) is 4.93. The number of rotatable bonds is 4. The number of aromatic nitrogens is 2. The summed E-state index contributed by atoms with van der Waals surface area (Å²) in [6, 6.07) is 3.81. The normalized spacial score (nSPS) is 18.4. The van der Waals surface area contributed by atoms with E-state index in [0.29, 0.717) is 5.56 Å². The summed E-state index contributed by atoms with van der Waals surface area (Å²) in [7, 11) is 0. The Morgan fingerprint density at radius 2 is 2.03 bits per heavy atom. The monoisotopic (exact) mass is 397 g/mol. The SMILES string of the molecule is O=C1CCC(N2Cc3c(C(=O)Nc4cn[nH]c4C(=O)O)cccc3C2=O)C(=O)N1. The molecule has 1 aromatic heterocycles. The molecule has 11 heteroatoms. The Hall–Kier alpha value is -4.02. The zero-order valence-electron chi connectivity index (χ0n) is 14.9. The number of carboxylic acid groups (broad SMARTS) is 1. The number of aromatic carboxylic acids is 1. The van der Waals surface area contributed by atoms with Crippen LogP contribution in [0.5, 0.6) is 0 Å². The van der Waals surface area contributed by atoms with Crippen LogP contribution in [0.1, 0.15) is 49.6 Å². The molecule has 148 valence electrons. The minimum Gasteiger partial charge on any atom is -0.476 e. The van der Waals surface area contributed by atoms with E-state index in [-0.39, 0.29) is 47.8 Å². The highest BCUT2D eigenvalue weighted by Gasteiger charge is 2.40. The maximum absolute atomic E-state index is 12.8. The van der Waals surface area contributed by atoms with E-state index in [2.05, 4.69) is 20.8 Å². The van der Waals surface area contributed by atoms with Gasteiger partial charge in [-0.1, -0.05) is 6.07 Å². The number of imide groups is 1. The smallest absolute Gasteiger partial charge is 0.356 e. The first-order valence-corrected chi connectivity index (χ1v) is 8.71. The average molecular weight is 397 g/mol. The van der Waals surface area contributed by atoms with Crippen molar-refractivity contribution in [3.05, 3.63) is 46.8 Å². The molecular weight excluding hydrogens is 382 g/mol. The minimum absolute atomic E-state index is 0.00791. The number of carboxylic acids is 1. The fourth-order valence-electron chi connectivity index (χ4n) is 3.53. The molecule has 11 nitrogen and oxygen atoms in total. The van der Waals surface area contributed by atoms with Crippen LogP contribution in [-0.2, 0) is 16.1 Å². The Labute approximate surface area is 163 Å². The molecular formula is C18H15N5O6. The summed E-state index contributed by atoms with van der Waals surface area (Å²) >= 11 is 0. The largest absolute Gasteiger partial charge is 0.476 e. The quantitative estimate of drug-likeness (QED) is 0.533. The molecule has 0 bridgehead atoms. The highest BCUT2D eigenvalue weighted by Crippen LogP contribution is 2.30. The van der Waals surface area contributed by atoms with E-state index in [1.165, 1.54) is 23.2 Å². The lowest BCUT2D eigenvalue weighted by atomic mass is 10.0. The number of hydrogen-bond acceptors (Lipinski definition) is 6. The van der Waals surface area contributed by atoms with Gasteiger partial charge in [0.05, 0.1) is 11.9 Å². The Bertz CT molecular complexity index is 1070. The molecule has 1 unspecified atom stereocenters. The standard InChI is InChI=1S/C18H15N5O6/c24-13-5-4-12(16(26)21-13)23-7-10-8(2-1-3-9(10)17(23)27)15(25)20-11-6-19-22-14(11)18(28)29/h1-3,6,12H,4-5,7H2,(H,19,22)(H,20,25)(H,28,29)(H,21,24,26). The Kier molecular flexibility index (Phi) is 4.34. The number of benzene rings is 1. The van der Waals surface area contributed by atoms with Gasteiger partial charge in [-0.3, -0.25) is 29.6 Å². The second kappa shape index (κ2) is 6.86. The lowest BCUT2D eigenvalue weighted by molar-refractivity contribution is -0.136. The number of hydrogen-bond donors (Lipinski definition) is 4. The Morgan fingerprint density at radius 1 is 1.24 bits per heavy atom. The fourth-order valence-corrected chi connectivity index (χ4v) is 3.53. The van der Waals surface area contributed by atoms with Crippen LogP contribution in [0.3, 0.4) is 0 Å². The van der Waals surface area contributed by atoms with Gasteiger partial charge in [0.2, 0.25) is 11.8 Å². The highest BCUT2D eigenvalue weighted by molar-refractivity contribution is 6.11. The summed E-state index contributed by atoms with van der Waals surface area (Å²) in [5.74, 6) is -3.22. The van der Waals surface area contributed by atoms with Crippen molar-refractivity contribution in [3.63, 3.8) is 0 Å². The van der Waals surface area contributed by atoms with Crippen molar-refractivity contribution in [1.29, 1.82) is 0 Å². The summed E-state index contributed by atoms with van der Waals surface area (Å²) in [4.78, 5) is 61.6. The zero-order chi connectivity index (χ0) is 20.7. The molecule has 0 spiro atoms. The van der Waals surface area contributed by atoms with Crippen LogP contribution in [0.4, 0.5) is 5.69 Å². The van der Waals surface area contributed by atoms with Crippen molar-refractivity contribution in [3.8, 4) is 0 Å². The molecule has 3 heterocycles. The lowest BCUT2D eigenvalue weighted by Gasteiger charge is -2.29. The van der Waals surface area contributed by atoms with Gasteiger partial charge in [0.25, 0.3) is 11.8 Å². The van der Waals surface area contributed by atoms with Crippen LogP contribution in [0.25, 0.3) is 0 Å². The molecule has 1 atom stereocenters. The van der Waals surface area contributed by atoms with Gasteiger partial charge in [-0.25, -0.2) is 4.79 Å². The Morgan fingerprint density at radius 3 is 2.76 bits per heavy atom. The molecule has 4 amide bonds. The van der Waals surface area contributed by atoms with Crippen molar-refractivity contribution < 1.29 is 29.1 Å². The molecule has 29 heavy (non-hydrogen) atoms. The molecule has 1 fully saturated rings. The number of anilines is 1. The van der Waals surface area contributed by atoms with Crippen molar-refractivity contribution in [2.75, 3.05) is 5.32 Å². The molecule has 2 aromatic rings. The van der Waals surface area contributed by atoms with Crippen LogP contribution < -0.4 is 10.6 Å². The highest BCUT2D eigenvalue weighted by atomic mass is 16.4. The lowest BCUT2D eigenvalue weighted by Crippen LogP contribution is -2.52. The molecule has 4 rings (SSSR count). The van der Waals surface area contributed by atoms with Gasteiger partial charge in [-0.2, -0.15) is 5.10 Å². The molecule has 1 aromatic carbocycles. The van der Waals surface area contributed by atoms with Gasteiger partial charge in [-0.15, -0.1) is 0 Å². The second-order valence-corrected chi connectivity index (χ2v) is 6.65. The number of carbonyl (C=O) groups is 5. The first-order chi connectivity index (χ1) is 13.9. The van der Waals surface area contributed by atoms with E-state index in [1.54, 1.807) is 6.07 Å². The summed E-state index contributed by atoms with van der Waals surface area (Å²) in [6.07, 6.45) is 1.51. The third kappa shape index (κ3) is 3.12. The average Bonchev–Trinajstić information content (AvgIpc) is 3.26. The summed E-state index contributed by atoms with van der Waals surface area (Å²) in [5, 5.41) is 19.7. The predicted molar refractivity (Wildman–Crippen MR) is 96.0 cm³/mol. The van der Waals surface area contributed by atoms with Crippen molar-refractivity contribution in [2.45, 2.75) is 25.4 Å². The molecule has 1 saturated heterocycles. The zero-order valence-corrected chi connectivity index (χ0v) is 14.9. The number of nitrogens with zero attached hydrogens (tertiary/aromatic N) is 2. The maximum atomic E-state index is 12.8. The van der Waals surface area contributed by atoms with Crippen molar-refractivity contribution in [2.24, 2.45) is 0 Å². The van der Waals surface area contributed by atoms with Gasteiger partial charge in [0.15, 0.2) is 5.69 Å². The van der Waals surface area contributed by atoms with E-state index in [9.17, 15) is 24.0 Å². The minimum atomic E-state index is -1.28. The van der Waals surface area contributed by atoms with Gasteiger partial charge >= 0.3 is 5.97 Å². The number of piperidine rings is 1. The van der Waals surface area contributed by atoms with E-state index >= 15 is 0 Å². The van der Waals surface area contributed by atoms with Crippen LogP contribution in [-0.4, -0.2) is 55.8 Å². The van der Waals surface area contributed by atoms with E-state index in [4.69, 9.17) is 5.11 Å². The van der Waals surface area contributed by atoms with Crippen LogP contribution >= 0.6 is 0 Å². The first kappa shape index (κ1) is 18.3. The van der Waals surface area contributed by atoms with E-state index in [1.807, 2.05) is 0 Å². The van der Waals surface area contributed by atoms with E-state index in [0.717, 1.165) is 0 Å². The molecule has 2 aliphatic heterocycles. The summed E-state index contributed by atoms with van der Waals surface area (Å²) in [6.45, 7) is 0.0290. The Balaban J connectivity index is 1.61. The third-order valence-corrected chi connectivity index (χ3v) is 4.93. The van der Waals surface area contributed by atoms with Crippen molar-refractivity contribution >= 4 is 35.3 Å². The molecule has 0 radical (unpaired) electrons. The molecule has 2 aliphatic rings. The van der Waals surface area contributed by atoms with Gasteiger partial charge in [0.1, 0.15) is 6.04 Å². The van der Waals surface area contributed by atoms with Gasteiger partial charge in [0, 0.05) is 24.1 Å². The first-order valence-electron chi connectivity index (χ1n) is 8.71. The van der Waals surface area contributed by atoms with E-state index < -0.39 is 29.7 Å². The van der Waals surface area contributed by atoms with Crippen LogP contribution in [0, 0.1) is 0 Å². The number of amides is 4. The van der Waals surface area contributed by atoms with Crippen LogP contribution in [0.15, 0.2) is 24.4 Å². The molecule has 4 N–H and O–H groups in total. The second-order valence-electron chi connectivity index (χ2n) is 6.65. The number of carbonyl (C=O) groups excluding carboxylic acids is 4. The van der Waals surface area contributed by atoms with Crippen LogP contribution in [0.2, 0.25) is 0 Å². The van der Waals surface area contributed by atoms with Gasteiger partial charge < -0.3 is 15.3 Å². The predicted octanol–water partition coefficient (Wildman–Crippen LogP) is 0.121. The summed E-state index contributed by atoms with van der Waals surface area (Å²) < 4.78 is 0. The molecule has 0 aliphatic carbocycles. The number of nitrogens with one attached hydrogen (secondary N) is 3. The number of aromatic amines is 1. The maximum Gasteiger partial charge on any atom is 0.356 e. The molecule has 0 saturated carbocycles. The topological polar surface area (TPSA) is 162 Å². The number of H-pyrrole nitrogens is 1. The van der Waals surface area contributed by atoms with Crippen molar-refractivity contribution in [1.82, 2.24) is 20.4 Å².